The van der Waals surface area contributed by atoms with Crippen molar-refractivity contribution in [2.24, 2.45) is 4.99 Å². The zero-order valence-corrected chi connectivity index (χ0v) is 19.5. The molecule has 0 unspecified atom stereocenters. The van der Waals surface area contributed by atoms with Crippen LogP contribution in [0, 0.1) is 0 Å². The fraction of sp³-hybridized carbons (Fsp3) is 0.474. The Labute approximate surface area is 190 Å². The number of alkyl halides is 3. The van der Waals surface area contributed by atoms with Gasteiger partial charge in [-0.3, -0.25) is 0 Å². The van der Waals surface area contributed by atoms with Crippen molar-refractivity contribution in [3.63, 3.8) is 0 Å². The minimum absolute atomic E-state index is 0. The molecule has 0 radical (unpaired) electrons. The number of thiazole rings is 1. The van der Waals surface area contributed by atoms with Crippen LogP contribution in [0.3, 0.4) is 0 Å². The maximum Gasteiger partial charge on any atom is 0.422 e. The van der Waals surface area contributed by atoms with Crippen molar-refractivity contribution in [1.82, 2.24) is 15.6 Å². The minimum Gasteiger partial charge on any atom is -0.484 e. The molecule has 0 saturated heterocycles. The highest BCUT2D eigenvalue weighted by Gasteiger charge is 2.28. The van der Waals surface area contributed by atoms with Gasteiger partial charge in [0.25, 0.3) is 0 Å². The summed E-state index contributed by atoms with van der Waals surface area (Å²) in [6.45, 7) is 4.50. The Kier molecular flexibility index (Phi) is 11.3. The molecule has 10 heteroatoms. The van der Waals surface area contributed by atoms with E-state index < -0.39 is 12.8 Å². The monoisotopic (exact) mass is 542 g/mol. The van der Waals surface area contributed by atoms with Crippen molar-refractivity contribution >= 4 is 41.3 Å². The topological polar surface area (TPSA) is 58.5 Å². The van der Waals surface area contributed by atoms with Gasteiger partial charge >= 0.3 is 6.18 Å². The van der Waals surface area contributed by atoms with Crippen LogP contribution < -0.4 is 15.4 Å². The molecule has 1 aromatic heterocycles. The van der Waals surface area contributed by atoms with E-state index in [0.29, 0.717) is 25.6 Å². The largest absolute Gasteiger partial charge is 0.484 e. The lowest BCUT2D eigenvalue weighted by Gasteiger charge is -2.12. The molecule has 2 rings (SSSR count). The van der Waals surface area contributed by atoms with Crippen molar-refractivity contribution in [2.75, 3.05) is 19.7 Å². The van der Waals surface area contributed by atoms with E-state index in [1.165, 1.54) is 10.9 Å². The molecule has 0 amide bonds. The Balaban J connectivity index is 0.00000420. The molecule has 0 aliphatic rings. The van der Waals surface area contributed by atoms with Crippen LogP contribution in [0.1, 0.15) is 29.3 Å². The van der Waals surface area contributed by atoms with Crippen molar-refractivity contribution < 1.29 is 17.9 Å². The Morgan fingerprint density at radius 2 is 2.03 bits per heavy atom. The lowest BCUT2D eigenvalue weighted by atomic mass is 10.2. The molecule has 2 N–H and O–H groups in total. The quantitative estimate of drug-likeness (QED) is 0.277. The Morgan fingerprint density at radius 1 is 1.24 bits per heavy atom. The number of guanidine groups is 1. The zero-order chi connectivity index (χ0) is 20.4. The fourth-order valence-electron chi connectivity index (χ4n) is 2.33. The summed E-state index contributed by atoms with van der Waals surface area (Å²) in [7, 11) is 0. The number of hydrogen-bond acceptors (Lipinski definition) is 4. The van der Waals surface area contributed by atoms with Gasteiger partial charge in [-0.15, -0.1) is 35.3 Å². The summed E-state index contributed by atoms with van der Waals surface area (Å²) < 4.78 is 41.6. The van der Waals surface area contributed by atoms with E-state index in [9.17, 15) is 13.2 Å². The van der Waals surface area contributed by atoms with Crippen molar-refractivity contribution in [1.29, 1.82) is 0 Å². The molecule has 29 heavy (non-hydrogen) atoms. The van der Waals surface area contributed by atoms with Crippen LogP contribution in [0.4, 0.5) is 13.2 Å². The van der Waals surface area contributed by atoms with Gasteiger partial charge in [0.15, 0.2) is 12.6 Å². The predicted octanol–water partition coefficient (Wildman–Crippen LogP) is 4.56. The third kappa shape index (κ3) is 10.2. The third-order valence-electron chi connectivity index (χ3n) is 3.65. The number of benzene rings is 1. The number of rotatable bonds is 9. The highest BCUT2D eigenvalue weighted by Crippen LogP contribution is 2.19. The molecule has 0 aliphatic heterocycles. The van der Waals surface area contributed by atoms with Crippen LogP contribution in [0.2, 0.25) is 0 Å². The summed E-state index contributed by atoms with van der Waals surface area (Å²) >= 11 is 1.71. The summed E-state index contributed by atoms with van der Waals surface area (Å²) in [4.78, 5) is 10.1. The number of nitrogens with zero attached hydrogens (tertiary/aromatic N) is 2. The lowest BCUT2D eigenvalue weighted by molar-refractivity contribution is -0.153. The number of hydrogen-bond donors (Lipinski definition) is 2. The maximum atomic E-state index is 12.3. The Morgan fingerprint density at radius 3 is 2.69 bits per heavy atom. The van der Waals surface area contributed by atoms with Crippen molar-refractivity contribution in [2.45, 2.75) is 39.4 Å². The molecule has 0 atom stereocenters. The summed E-state index contributed by atoms with van der Waals surface area (Å²) in [6, 6.07) is 6.53. The van der Waals surface area contributed by atoms with Crippen LogP contribution in [0.15, 0.2) is 35.5 Å². The lowest BCUT2D eigenvalue weighted by Crippen LogP contribution is -2.38. The molecular formula is C19H26F3IN4OS. The van der Waals surface area contributed by atoms with Crippen LogP contribution >= 0.6 is 35.3 Å². The average Bonchev–Trinajstić information content (AvgIpc) is 3.12. The second-order valence-corrected chi connectivity index (χ2v) is 7.20. The summed E-state index contributed by atoms with van der Waals surface area (Å²) in [5, 5.41) is 7.49. The van der Waals surface area contributed by atoms with Gasteiger partial charge in [0, 0.05) is 30.6 Å². The van der Waals surface area contributed by atoms with Gasteiger partial charge in [-0.2, -0.15) is 13.2 Å². The minimum atomic E-state index is -4.36. The highest BCUT2D eigenvalue weighted by molar-refractivity contribution is 14.0. The standard InChI is InChI=1S/C19H25F3N4OS.HI/c1-3-16-12-25-17(28-16)8-9-24-18(23-4-2)26-11-14-6-5-7-15(10-14)27-13-19(20,21)22;/h5-7,10,12H,3-4,8-9,11,13H2,1-2H3,(H2,23,24,26);1H. The fourth-order valence-corrected chi connectivity index (χ4v) is 3.19. The highest BCUT2D eigenvalue weighted by atomic mass is 127. The van der Waals surface area contributed by atoms with Gasteiger partial charge in [-0.25, -0.2) is 9.98 Å². The normalized spacial score (nSPS) is 11.7. The van der Waals surface area contributed by atoms with Gasteiger partial charge in [0.1, 0.15) is 5.75 Å². The zero-order valence-electron chi connectivity index (χ0n) is 16.4. The average molecular weight is 542 g/mol. The summed E-state index contributed by atoms with van der Waals surface area (Å²) in [5.41, 5.74) is 0.768. The predicted molar refractivity (Wildman–Crippen MR) is 121 cm³/mol. The third-order valence-corrected chi connectivity index (χ3v) is 4.85. The SMILES string of the molecule is CCNC(=NCc1cccc(OCC(F)(F)F)c1)NCCc1ncc(CC)s1.I. The van der Waals surface area contributed by atoms with Gasteiger partial charge in [-0.1, -0.05) is 19.1 Å². The van der Waals surface area contributed by atoms with E-state index in [1.807, 2.05) is 13.1 Å². The van der Waals surface area contributed by atoms with Crippen LogP contribution in [0.25, 0.3) is 0 Å². The molecule has 2 aromatic rings. The van der Waals surface area contributed by atoms with E-state index in [4.69, 9.17) is 4.74 Å². The molecule has 0 saturated carbocycles. The molecule has 162 valence electrons. The first-order valence-corrected chi connectivity index (χ1v) is 9.95. The van der Waals surface area contributed by atoms with E-state index in [1.54, 1.807) is 29.5 Å². The summed E-state index contributed by atoms with van der Waals surface area (Å²) in [5.74, 6) is 0.829. The summed E-state index contributed by atoms with van der Waals surface area (Å²) in [6.07, 6.45) is -0.657. The second-order valence-electron chi connectivity index (χ2n) is 6.00. The molecule has 0 spiro atoms. The molecule has 1 aromatic carbocycles. The maximum absolute atomic E-state index is 12.3. The number of halogens is 4. The van der Waals surface area contributed by atoms with Crippen molar-refractivity contribution in [3.8, 4) is 5.75 Å². The van der Waals surface area contributed by atoms with Gasteiger partial charge in [0.05, 0.1) is 11.6 Å². The second kappa shape index (κ2) is 12.9. The van der Waals surface area contributed by atoms with Crippen LogP contribution in [0.5, 0.6) is 5.75 Å². The molecule has 1 heterocycles. The van der Waals surface area contributed by atoms with Gasteiger partial charge in [0.2, 0.25) is 0 Å². The first kappa shape index (κ1) is 25.5. The van der Waals surface area contributed by atoms with Crippen LogP contribution in [-0.4, -0.2) is 36.8 Å². The number of aliphatic imine (C=N–C) groups is 1. The number of aryl methyl sites for hydroxylation is 1. The molecule has 5 nitrogen and oxygen atoms in total. The number of ether oxygens (including phenoxy) is 1. The molecule has 0 bridgehead atoms. The number of nitrogens with one attached hydrogen (secondary N) is 2. The Hall–Kier alpha value is -1.56. The van der Waals surface area contributed by atoms with E-state index >= 15 is 0 Å². The number of aromatic nitrogens is 1. The molecule has 0 fully saturated rings. The Bertz CT molecular complexity index is 768. The first-order valence-electron chi connectivity index (χ1n) is 9.14. The van der Waals surface area contributed by atoms with Gasteiger partial charge < -0.3 is 15.4 Å². The van der Waals surface area contributed by atoms with E-state index in [-0.39, 0.29) is 29.7 Å². The molecular weight excluding hydrogens is 516 g/mol. The molecule has 0 aliphatic carbocycles. The van der Waals surface area contributed by atoms with E-state index in [0.717, 1.165) is 23.4 Å². The first-order chi connectivity index (χ1) is 13.4. The van der Waals surface area contributed by atoms with E-state index in [2.05, 4.69) is 27.5 Å². The smallest absolute Gasteiger partial charge is 0.422 e. The van der Waals surface area contributed by atoms with Gasteiger partial charge in [-0.05, 0) is 31.0 Å². The van der Waals surface area contributed by atoms with Crippen LogP contribution in [-0.2, 0) is 19.4 Å². The van der Waals surface area contributed by atoms with Crippen molar-refractivity contribution in [3.05, 3.63) is 45.9 Å².